The Balaban J connectivity index is 0.00000312. The zero-order valence-corrected chi connectivity index (χ0v) is 15.0. The summed E-state index contributed by atoms with van der Waals surface area (Å²) in [5, 5.41) is 13.9. The van der Waals surface area contributed by atoms with Crippen LogP contribution in [0.4, 0.5) is 11.4 Å². The maximum Gasteiger partial charge on any atom is 0.272 e. The number of aryl methyl sites for hydroxylation is 2. The fourth-order valence-electron chi connectivity index (χ4n) is 2.50. The van der Waals surface area contributed by atoms with Gasteiger partial charge in [-0.3, -0.25) is 14.9 Å². The van der Waals surface area contributed by atoms with E-state index in [2.05, 4.69) is 5.32 Å². The standard InChI is InChI=1S/C18H21N3O3.ClH/c1-12-7-8-15(11-17(12)21(23)24)13(2)20-18(22)10-9-14-5-3-4-6-16(14)19;/h3-8,11,13H,9-10,19H2,1-2H3,(H,20,22);1H. The van der Waals surface area contributed by atoms with Crippen LogP contribution in [-0.4, -0.2) is 10.8 Å². The summed E-state index contributed by atoms with van der Waals surface area (Å²) in [6.45, 7) is 3.50. The molecule has 0 aromatic heterocycles. The van der Waals surface area contributed by atoms with Gasteiger partial charge in [-0.15, -0.1) is 12.4 Å². The van der Waals surface area contributed by atoms with E-state index in [1.165, 1.54) is 6.07 Å². The van der Waals surface area contributed by atoms with Crippen molar-refractivity contribution in [1.82, 2.24) is 5.32 Å². The molecule has 2 aromatic carbocycles. The van der Waals surface area contributed by atoms with E-state index in [-0.39, 0.29) is 30.0 Å². The molecule has 0 saturated heterocycles. The minimum Gasteiger partial charge on any atom is -0.399 e. The van der Waals surface area contributed by atoms with Crippen LogP contribution in [0, 0.1) is 17.0 Å². The lowest BCUT2D eigenvalue weighted by molar-refractivity contribution is -0.385. The number of nitro groups is 1. The largest absolute Gasteiger partial charge is 0.399 e. The molecule has 3 N–H and O–H groups in total. The Kier molecular flexibility index (Phi) is 7.39. The third-order valence-corrected chi connectivity index (χ3v) is 3.98. The van der Waals surface area contributed by atoms with Crippen LogP contribution in [0.25, 0.3) is 0 Å². The Hall–Kier alpha value is -2.60. The van der Waals surface area contributed by atoms with Crippen LogP contribution >= 0.6 is 12.4 Å². The number of nitrogens with one attached hydrogen (secondary N) is 1. The highest BCUT2D eigenvalue weighted by atomic mass is 35.5. The highest BCUT2D eigenvalue weighted by Gasteiger charge is 2.16. The van der Waals surface area contributed by atoms with Crippen LogP contribution in [0.3, 0.4) is 0 Å². The minimum absolute atomic E-state index is 0. The van der Waals surface area contributed by atoms with Crippen LogP contribution < -0.4 is 11.1 Å². The van der Waals surface area contributed by atoms with Crippen molar-refractivity contribution in [2.24, 2.45) is 0 Å². The molecule has 6 nitrogen and oxygen atoms in total. The second kappa shape index (κ2) is 9.03. The van der Waals surface area contributed by atoms with Gasteiger partial charge in [0.15, 0.2) is 0 Å². The van der Waals surface area contributed by atoms with Crippen molar-refractivity contribution < 1.29 is 9.72 Å². The molecule has 0 saturated carbocycles. The van der Waals surface area contributed by atoms with E-state index < -0.39 is 4.92 Å². The zero-order valence-electron chi connectivity index (χ0n) is 14.2. The summed E-state index contributed by atoms with van der Waals surface area (Å²) >= 11 is 0. The molecular formula is C18H22ClN3O3. The molecule has 2 rings (SSSR count). The Morgan fingerprint density at radius 2 is 1.96 bits per heavy atom. The average Bonchev–Trinajstić information content (AvgIpc) is 2.54. The van der Waals surface area contributed by atoms with Crippen molar-refractivity contribution in [1.29, 1.82) is 0 Å². The van der Waals surface area contributed by atoms with Crippen molar-refractivity contribution in [2.45, 2.75) is 32.7 Å². The van der Waals surface area contributed by atoms with Crippen molar-refractivity contribution in [3.8, 4) is 0 Å². The Labute approximate surface area is 153 Å². The van der Waals surface area contributed by atoms with Gasteiger partial charge in [0.1, 0.15) is 0 Å². The summed E-state index contributed by atoms with van der Waals surface area (Å²) in [5.74, 6) is -0.117. The van der Waals surface area contributed by atoms with E-state index in [4.69, 9.17) is 5.73 Å². The van der Waals surface area contributed by atoms with Crippen LogP contribution in [0.1, 0.15) is 36.1 Å². The monoisotopic (exact) mass is 363 g/mol. The third-order valence-electron chi connectivity index (χ3n) is 3.98. The Morgan fingerprint density at radius 3 is 2.60 bits per heavy atom. The van der Waals surface area contributed by atoms with Crippen LogP contribution in [0.5, 0.6) is 0 Å². The van der Waals surface area contributed by atoms with Crippen molar-refractivity contribution >= 4 is 29.7 Å². The van der Waals surface area contributed by atoms with Gasteiger partial charge in [0, 0.05) is 23.7 Å². The molecule has 0 fully saturated rings. The number of nitrogens with two attached hydrogens (primary N) is 1. The van der Waals surface area contributed by atoms with E-state index in [1.54, 1.807) is 25.1 Å². The first kappa shape index (κ1) is 20.4. The maximum absolute atomic E-state index is 12.1. The lowest BCUT2D eigenvalue weighted by Crippen LogP contribution is -2.27. The van der Waals surface area contributed by atoms with Gasteiger partial charge >= 0.3 is 0 Å². The van der Waals surface area contributed by atoms with Gasteiger partial charge in [-0.05, 0) is 37.5 Å². The highest BCUT2D eigenvalue weighted by Crippen LogP contribution is 2.23. The fraction of sp³-hybridized carbons (Fsp3) is 0.278. The number of hydrogen-bond acceptors (Lipinski definition) is 4. The zero-order chi connectivity index (χ0) is 17.7. The number of rotatable bonds is 6. The molecule has 0 aliphatic heterocycles. The molecule has 1 amide bonds. The average molecular weight is 364 g/mol. The molecule has 1 unspecified atom stereocenters. The molecule has 2 aromatic rings. The topological polar surface area (TPSA) is 98.3 Å². The van der Waals surface area contributed by atoms with Gasteiger partial charge in [-0.25, -0.2) is 0 Å². The molecule has 0 spiro atoms. The molecule has 0 aliphatic carbocycles. The number of nitrogen functional groups attached to an aromatic ring is 1. The highest BCUT2D eigenvalue weighted by molar-refractivity contribution is 5.85. The molecule has 0 bridgehead atoms. The number of benzene rings is 2. The SMILES string of the molecule is Cc1ccc(C(C)NC(=O)CCc2ccccc2N)cc1[N+](=O)[O-].Cl. The van der Waals surface area contributed by atoms with E-state index in [0.29, 0.717) is 29.7 Å². The van der Waals surface area contributed by atoms with Crippen LogP contribution in [0.2, 0.25) is 0 Å². The second-order valence-corrected chi connectivity index (χ2v) is 5.79. The summed E-state index contributed by atoms with van der Waals surface area (Å²) in [5.41, 5.74) is 8.84. The number of anilines is 1. The number of nitro benzene ring substituents is 1. The van der Waals surface area contributed by atoms with Crippen LogP contribution in [-0.2, 0) is 11.2 Å². The van der Waals surface area contributed by atoms with Crippen molar-refractivity contribution in [2.75, 3.05) is 5.73 Å². The van der Waals surface area contributed by atoms with E-state index in [1.807, 2.05) is 25.1 Å². The van der Waals surface area contributed by atoms with E-state index in [9.17, 15) is 14.9 Å². The van der Waals surface area contributed by atoms with Gasteiger partial charge < -0.3 is 11.1 Å². The number of carbonyl (C=O) groups is 1. The molecule has 7 heteroatoms. The lowest BCUT2D eigenvalue weighted by atomic mass is 10.0. The first-order chi connectivity index (χ1) is 11.4. The van der Waals surface area contributed by atoms with Crippen molar-refractivity contribution in [3.63, 3.8) is 0 Å². The molecule has 1 atom stereocenters. The van der Waals surface area contributed by atoms with Gasteiger partial charge in [0.2, 0.25) is 5.91 Å². The molecular weight excluding hydrogens is 342 g/mol. The van der Waals surface area contributed by atoms with Gasteiger partial charge in [-0.2, -0.15) is 0 Å². The van der Waals surface area contributed by atoms with E-state index in [0.717, 1.165) is 5.56 Å². The Morgan fingerprint density at radius 1 is 1.28 bits per heavy atom. The van der Waals surface area contributed by atoms with Gasteiger partial charge in [-0.1, -0.05) is 30.3 Å². The fourth-order valence-corrected chi connectivity index (χ4v) is 2.50. The summed E-state index contributed by atoms with van der Waals surface area (Å²) in [7, 11) is 0. The number of amides is 1. The number of hydrogen-bond donors (Lipinski definition) is 2. The second-order valence-electron chi connectivity index (χ2n) is 5.79. The number of halogens is 1. The number of nitrogens with zero attached hydrogens (tertiary/aromatic N) is 1. The normalized spacial score (nSPS) is 11.3. The van der Waals surface area contributed by atoms with Gasteiger partial charge in [0.25, 0.3) is 5.69 Å². The smallest absolute Gasteiger partial charge is 0.272 e. The Bertz CT molecular complexity index is 765. The number of carbonyl (C=O) groups excluding carboxylic acids is 1. The minimum atomic E-state index is -0.411. The quantitative estimate of drug-likeness (QED) is 0.464. The molecule has 0 radical (unpaired) electrons. The van der Waals surface area contributed by atoms with Crippen LogP contribution in [0.15, 0.2) is 42.5 Å². The first-order valence-electron chi connectivity index (χ1n) is 7.76. The predicted octanol–water partition coefficient (Wildman–Crippen LogP) is 3.72. The third kappa shape index (κ3) is 5.46. The summed E-state index contributed by atoms with van der Waals surface area (Å²) in [6, 6.07) is 12.1. The summed E-state index contributed by atoms with van der Waals surface area (Å²) in [6.07, 6.45) is 0.867. The summed E-state index contributed by atoms with van der Waals surface area (Å²) < 4.78 is 0. The lowest BCUT2D eigenvalue weighted by Gasteiger charge is -2.15. The summed E-state index contributed by atoms with van der Waals surface area (Å²) in [4.78, 5) is 22.7. The van der Waals surface area contributed by atoms with Crippen molar-refractivity contribution in [3.05, 3.63) is 69.3 Å². The van der Waals surface area contributed by atoms with Gasteiger partial charge in [0.05, 0.1) is 11.0 Å². The first-order valence-corrected chi connectivity index (χ1v) is 7.76. The van der Waals surface area contributed by atoms with E-state index >= 15 is 0 Å². The predicted molar refractivity (Wildman–Crippen MR) is 101 cm³/mol. The molecule has 134 valence electrons. The maximum atomic E-state index is 12.1. The molecule has 0 heterocycles. The molecule has 25 heavy (non-hydrogen) atoms. The number of para-hydroxylation sites is 1. The molecule has 0 aliphatic rings.